The van der Waals surface area contributed by atoms with Gasteiger partial charge < -0.3 is 4.84 Å². The molecule has 0 atom stereocenters. The second-order valence-electron chi connectivity index (χ2n) is 3.46. The summed E-state index contributed by atoms with van der Waals surface area (Å²) in [6.07, 6.45) is 4.39. The zero-order valence-corrected chi connectivity index (χ0v) is 9.76. The topological polar surface area (TPSA) is 12.5 Å². The molecule has 0 amide bonds. The van der Waals surface area contributed by atoms with Crippen LogP contribution in [-0.2, 0) is 0 Å². The highest BCUT2D eigenvalue weighted by atomic mass is 35.5. The summed E-state index contributed by atoms with van der Waals surface area (Å²) >= 11 is 11.8. The highest BCUT2D eigenvalue weighted by molar-refractivity contribution is 6.35. The standard InChI is InChI=1S/C11H12Cl2NO/c12-9-4-5-11(10(13)8-9)15-14-6-2-1-3-7-14/h1,4-5,8H,2-3,6-7H2. The Kier molecular flexibility index (Phi) is 3.73. The minimum atomic E-state index is 0.553. The molecule has 0 aliphatic carbocycles. The SMILES string of the molecule is Clc1ccc(ON2CC[CH]CC2)c(Cl)c1. The van der Waals surface area contributed by atoms with Crippen LogP contribution in [0.25, 0.3) is 0 Å². The molecule has 0 unspecified atom stereocenters. The first-order valence-corrected chi connectivity index (χ1v) is 5.71. The fourth-order valence-electron chi connectivity index (χ4n) is 1.51. The summed E-state index contributed by atoms with van der Waals surface area (Å²) in [7, 11) is 0. The summed E-state index contributed by atoms with van der Waals surface area (Å²) in [6, 6.07) is 5.26. The molecule has 1 aliphatic rings. The maximum atomic E-state index is 6.00. The Bertz CT molecular complexity index is 337. The predicted octanol–water partition coefficient (Wildman–Crippen LogP) is 3.59. The van der Waals surface area contributed by atoms with Gasteiger partial charge in [0.1, 0.15) is 0 Å². The lowest BCUT2D eigenvalue weighted by atomic mass is 10.2. The predicted molar refractivity (Wildman–Crippen MR) is 62.2 cm³/mol. The van der Waals surface area contributed by atoms with E-state index in [0.717, 1.165) is 25.9 Å². The highest BCUT2D eigenvalue weighted by Gasteiger charge is 2.13. The van der Waals surface area contributed by atoms with Crippen molar-refractivity contribution in [2.75, 3.05) is 13.1 Å². The molecule has 2 nitrogen and oxygen atoms in total. The number of rotatable bonds is 2. The van der Waals surface area contributed by atoms with E-state index in [4.69, 9.17) is 28.0 Å². The van der Waals surface area contributed by atoms with Crippen LogP contribution in [0.1, 0.15) is 12.8 Å². The number of nitrogens with zero attached hydrogens (tertiary/aromatic N) is 1. The largest absolute Gasteiger partial charge is 0.404 e. The minimum Gasteiger partial charge on any atom is -0.404 e. The molecule has 1 radical (unpaired) electrons. The molecule has 1 fully saturated rings. The molecule has 2 rings (SSSR count). The van der Waals surface area contributed by atoms with Gasteiger partial charge in [0.15, 0.2) is 5.75 Å². The molecule has 0 aromatic heterocycles. The molecular weight excluding hydrogens is 233 g/mol. The normalized spacial score (nSPS) is 17.7. The first-order valence-electron chi connectivity index (χ1n) is 4.95. The van der Waals surface area contributed by atoms with E-state index in [1.165, 1.54) is 0 Å². The first-order chi connectivity index (χ1) is 7.25. The Morgan fingerprint density at radius 1 is 1.13 bits per heavy atom. The fraction of sp³-hybridized carbons (Fsp3) is 0.364. The Balaban J connectivity index is 2.03. The van der Waals surface area contributed by atoms with Crippen LogP contribution >= 0.6 is 23.2 Å². The fourth-order valence-corrected chi connectivity index (χ4v) is 1.95. The third-order valence-corrected chi connectivity index (χ3v) is 2.82. The van der Waals surface area contributed by atoms with Crippen molar-refractivity contribution >= 4 is 23.2 Å². The monoisotopic (exact) mass is 244 g/mol. The Labute approximate surface area is 99.7 Å². The van der Waals surface area contributed by atoms with E-state index in [9.17, 15) is 0 Å². The second kappa shape index (κ2) is 5.06. The van der Waals surface area contributed by atoms with E-state index in [2.05, 4.69) is 6.42 Å². The number of hydroxylamine groups is 2. The van der Waals surface area contributed by atoms with Crippen molar-refractivity contribution in [2.45, 2.75) is 12.8 Å². The van der Waals surface area contributed by atoms with E-state index in [1.54, 1.807) is 18.2 Å². The van der Waals surface area contributed by atoms with Gasteiger partial charge in [-0.05, 0) is 37.5 Å². The average molecular weight is 245 g/mol. The van der Waals surface area contributed by atoms with Crippen molar-refractivity contribution in [1.29, 1.82) is 0 Å². The van der Waals surface area contributed by atoms with Gasteiger partial charge in [0.25, 0.3) is 0 Å². The summed E-state index contributed by atoms with van der Waals surface area (Å²) in [5, 5.41) is 3.10. The molecule has 0 bridgehead atoms. The van der Waals surface area contributed by atoms with Crippen LogP contribution in [0.5, 0.6) is 5.75 Å². The van der Waals surface area contributed by atoms with Gasteiger partial charge in [0, 0.05) is 18.1 Å². The van der Waals surface area contributed by atoms with Crippen molar-refractivity contribution in [1.82, 2.24) is 5.06 Å². The van der Waals surface area contributed by atoms with Crippen LogP contribution in [0.15, 0.2) is 18.2 Å². The van der Waals surface area contributed by atoms with Crippen LogP contribution in [0.3, 0.4) is 0 Å². The van der Waals surface area contributed by atoms with Gasteiger partial charge in [-0.15, -0.1) is 5.06 Å². The third kappa shape index (κ3) is 3.00. The van der Waals surface area contributed by atoms with E-state index in [1.807, 2.05) is 5.06 Å². The zero-order chi connectivity index (χ0) is 10.7. The van der Waals surface area contributed by atoms with E-state index >= 15 is 0 Å². The van der Waals surface area contributed by atoms with E-state index in [0.29, 0.717) is 15.8 Å². The van der Waals surface area contributed by atoms with Gasteiger partial charge in [-0.2, -0.15) is 0 Å². The summed E-state index contributed by atoms with van der Waals surface area (Å²) in [6.45, 7) is 1.83. The smallest absolute Gasteiger partial charge is 0.166 e. The number of piperidine rings is 1. The van der Waals surface area contributed by atoms with Crippen molar-refractivity contribution in [2.24, 2.45) is 0 Å². The minimum absolute atomic E-state index is 0.553. The van der Waals surface area contributed by atoms with Crippen LogP contribution in [0, 0.1) is 6.42 Å². The van der Waals surface area contributed by atoms with Gasteiger partial charge in [-0.1, -0.05) is 23.2 Å². The number of hydrogen-bond donors (Lipinski definition) is 0. The molecule has 0 spiro atoms. The lowest BCUT2D eigenvalue weighted by molar-refractivity contribution is -0.0649. The quantitative estimate of drug-likeness (QED) is 0.789. The summed E-state index contributed by atoms with van der Waals surface area (Å²) in [4.78, 5) is 5.66. The summed E-state index contributed by atoms with van der Waals surface area (Å²) < 4.78 is 0. The number of benzene rings is 1. The highest BCUT2D eigenvalue weighted by Crippen LogP contribution is 2.28. The van der Waals surface area contributed by atoms with Crippen LogP contribution in [0.2, 0.25) is 10.0 Å². The van der Waals surface area contributed by atoms with Crippen LogP contribution < -0.4 is 4.84 Å². The summed E-state index contributed by atoms with van der Waals surface area (Å²) in [5.74, 6) is 0.669. The Hall–Kier alpha value is -0.440. The van der Waals surface area contributed by atoms with Gasteiger partial charge in [-0.25, -0.2) is 0 Å². The Morgan fingerprint density at radius 2 is 1.87 bits per heavy atom. The zero-order valence-electron chi connectivity index (χ0n) is 8.25. The second-order valence-corrected chi connectivity index (χ2v) is 4.30. The van der Waals surface area contributed by atoms with Crippen molar-refractivity contribution in [3.63, 3.8) is 0 Å². The maximum absolute atomic E-state index is 6.00. The molecule has 1 aromatic rings. The first kappa shape index (κ1) is 11.1. The Morgan fingerprint density at radius 3 is 2.53 bits per heavy atom. The van der Waals surface area contributed by atoms with Crippen LogP contribution in [0.4, 0.5) is 0 Å². The van der Waals surface area contributed by atoms with Crippen molar-refractivity contribution in [3.05, 3.63) is 34.7 Å². The maximum Gasteiger partial charge on any atom is 0.166 e. The van der Waals surface area contributed by atoms with Crippen molar-refractivity contribution in [3.8, 4) is 5.75 Å². The molecule has 15 heavy (non-hydrogen) atoms. The van der Waals surface area contributed by atoms with E-state index < -0.39 is 0 Å². The average Bonchev–Trinajstić information content (AvgIpc) is 2.24. The molecule has 1 aromatic carbocycles. The molecule has 0 N–H and O–H groups in total. The molecule has 1 aliphatic heterocycles. The molecule has 81 valence electrons. The molecule has 0 saturated carbocycles. The molecule has 1 heterocycles. The van der Waals surface area contributed by atoms with E-state index in [-0.39, 0.29) is 0 Å². The lowest BCUT2D eigenvalue weighted by Crippen LogP contribution is -2.33. The third-order valence-electron chi connectivity index (χ3n) is 2.29. The number of halogens is 2. The molecule has 4 heteroatoms. The van der Waals surface area contributed by atoms with Crippen LogP contribution in [-0.4, -0.2) is 18.2 Å². The van der Waals surface area contributed by atoms with Gasteiger partial charge in [-0.3, -0.25) is 0 Å². The van der Waals surface area contributed by atoms with Gasteiger partial charge in [0.2, 0.25) is 0 Å². The number of hydrogen-bond acceptors (Lipinski definition) is 2. The lowest BCUT2D eigenvalue weighted by Gasteiger charge is -2.26. The molecule has 1 saturated heterocycles. The summed E-state index contributed by atoms with van der Waals surface area (Å²) in [5.41, 5.74) is 0. The molecular formula is C11H12Cl2NO. The van der Waals surface area contributed by atoms with Gasteiger partial charge in [0.05, 0.1) is 5.02 Å². The van der Waals surface area contributed by atoms with Gasteiger partial charge >= 0.3 is 0 Å². The van der Waals surface area contributed by atoms with Crippen molar-refractivity contribution < 1.29 is 4.84 Å².